The Labute approximate surface area is 161 Å². The monoisotopic (exact) mass is 389 g/mol. The fraction of sp³-hybridized carbons (Fsp3) is 0.158. The topological polar surface area (TPSA) is 55.6 Å². The minimum atomic E-state index is -0.393. The predicted octanol–water partition coefficient (Wildman–Crippen LogP) is 4.32. The highest BCUT2D eigenvalue weighted by molar-refractivity contribution is 6.34. The highest BCUT2D eigenvalue weighted by Gasteiger charge is 2.10. The van der Waals surface area contributed by atoms with E-state index in [1.165, 1.54) is 0 Å². The number of halogens is 2. The summed E-state index contributed by atoms with van der Waals surface area (Å²) < 4.78 is 7.46. The summed E-state index contributed by atoms with van der Waals surface area (Å²) in [7, 11) is 2.00. The molecule has 1 N–H and O–H groups in total. The average Bonchev–Trinajstić information content (AvgIpc) is 2.87. The SMILES string of the molecule is Cc1c(/C=N/NC(=O)COc2cc(Cl)ccc2Cl)c2ccccc2n1C. The van der Waals surface area contributed by atoms with Gasteiger partial charge in [-0.1, -0.05) is 41.4 Å². The van der Waals surface area contributed by atoms with E-state index in [0.29, 0.717) is 15.8 Å². The zero-order valence-electron chi connectivity index (χ0n) is 14.3. The number of hydrogen-bond donors (Lipinski definition) is 1. The Morgan fingerprint density at radius 3 is 2.85 bits per heavy atom. The van der Waals surface area contributed by atoms with E-state index in [4.69, 9.17) is 27.9 Å². The number of amides is 1. The zero-order chi connectivity index (χ0) is 18.7. The van der Waals surface area contributed by atoms with Crippen molar-refractivity contribution in [2.45, 2.75) is 6.92 Å². The highest BCUT2D eigenvalue weighted by Crippen LogP contribution is 2.27. The maximum absolute atomic E-state index is 11.9. The second kappa shape index (κ2) is 7.81. The first-order valence-corrected chi connectivity index (χ1v) is 8.66. The van der Waals surface area contributed by atoms with Gasteiger partial charge in [-0.25, -0.2) is 5.43 Å². The fourth-order valence-corrected chi connectivity index (χ4v) is 2.98. The number of ether oxygens (including phenoxy) is 1. The molecule has 0 radical (unpaired) electrons. The molecule has 0 spiro atoms. The molecule has 0 aliphatic rings. The first-order chi connectivity index (χ1) is 12.5. The first kappa shape index (κ1) is 18.3. The highest BCUT2D eigenvalue weighted by atomic mass is 35.5. The van der Waals surface area contributed by atoms with Gasteiger partial charge in [0.25, 0.3) is 5.91 Å². The van der Waals surface area contributed by atoms with Crippen LogP contribution >= 0.6 is 23.2 Å². The molecule has 1 amide bonds. The summed E-state index contributed by atoms with van der Waals surface area (Å²) in [6.07, 6.45) is 1.64. The molecule has 0 atom stereocenters. The van der Waals surface area contributed by atoms with Gasteiger partial charge in [0.2, 0.25) is 0 Å². The minimum absolute atomic E-state index is 0.216. The number of aryl methyl sites for hydroxylation is 1. The number of carbonyl (C=O) groups is 1. The number of benzene rings is 2. The van der Waals surface area contributed by atoms with E-state index in [1.54, 1.807) is 24.4 Å². The van der Waals surface area contributed by atoms with Gasteiger partial charge >= 0.3 is 0 Å². The quantitative estimate of drug-likeness (QED) is 0.521. The first-order valence-electron chi connectivity index (χ1n) is 7.91. The van der Waals surface area contributed by atoms with E-state index in [-0.39, 0.29) is 6.61 Å². The van der Waals surface area contributed by atoms with Gasteiger partial charge in [0.05, 0.1) is 11.2 Å². The van der Waals surface area contributed by atoms with Gasteiger partial charge in [0, 0.05) is 40.3 Å². The van der Waals surface area contributed by atoms with Crippen molar-refractivity contribution >= 4 is 46.2 Å². The molecule has 0 fully saturated rings. The molecule has 0 bridgehead atoms. The second-order valence-electron chi connectivity index (χ2n) is 5.73. The molecule has 0 saturated carbocycles. The molecule has 0 aliphatic carbocycles. The third-order valence-corrected chi connectivity index (χ3v) is 4.63. The van der Waals surface area contributed by atoms with Crippen LogP contribution in [0.5, 0.6) is 5.75 Å². The summed E-state index contributed by atoms with van der Waals surface area (Å²) in [4.78, 5) is 11.9. The molecule has 0 aliphatic heterocycles. The maximum Gasteiger partial charge on any atom is 0.277 e. The third-order valence-electron chi connectivity index (χ3n) is 4.08. The summed E-state index contributed by atoms with van der Waals surface area (Å²) in [5.74, 6) is -0.0432. The van der Waals surface area contributed by atoms with Crippen LogP contribution in [0.15, 0.2) is 47.6 Å². The number of hydrogen-bond acceptors (Lipinski definition) is 3. The number of nitrogens with one attached hydrogen (secondary N) is 1. The summed E-state index contributed by atoms with van der Waals surface area (Å²) in [6.45, 7) is 1.79. The van der Waals surface area contributed by atoms with Gasteiger partial charge in [-0.3, -0.25) is 4.79 Å². The van der Waals surface area contributed by atoms with Crippen LogP contribution in [0.1, 0.15) is 11.3 Å². The van der Waals surface area contributed by atoms with Gasteiger partial charge in [-0.15, -0.1) is 0 Å². The van der Waals surface area contributed by atoms with Crippen LogP contribution < -0.4 is 10.2 Å². The van der Waals surface area contributed by atoms with Crippen molar-refractivity contribution in [3.8, 4) is 5.75 Å². The molecule has 134 valence electrons. The molecule has 2 aromatic carbocycles. The Bertz CT molecular complexity index is 996. The number of aromatic nitrogens is 1. The average molecular weight is 390 g/mol. The van der Waals surface area contributed by atoms with E-state index in [9.17, 15) is 4.79 Å². The number of para-hydroxylation sites is 1. The number of rotatable bonds is 5. The van der Waals surface area contributed by atoms with Crippen molar-refractivity contribution in [2.75, 3.05) is 6.61 Å². The number of fused-ring (bicyclic) bond motifs is 1. The Balaban J connectivity index is 1.65. The molecule has 1 heterocycles. The van der Waals surface area contributed by atoms with E-state index in [2.05, 4.69) is 15.1 Å². The molecule has 26 heavy (non-hydrogen) atoms. The largest absolute Gasteiger partial charge is 0.482 e. The second-order valence-corrected chi connectivity index (χ2v) is 6.58. The van der Waals surface area contributed by atoms with E-state index < -0.39 is 5.91 Å². The van der Waals surface area contributed by atoms with Crippen LogP contribution in [0.3, 0.4) is 0 Å². The van der Waals surface area contributed by atoms with Crippen molar-refractivity contribution in [3.05, 3.63) is 63.8 Å². The standard InChI is InChI=1S/C19H17Cl2N3O2/c1-12-15(14-5-3-4-6-17(14)24(12)2)10-22-23-19(25)11-26-18-9-13(20)7-8-16(18)21/h3-10H,11H2,1-2H3,(H,23,25)/b22-10+. The summed E-state index contributed by atoms with van der Waals surface area (Å²) in [5, 5.41) is 5.98. The van der Waals surface area contributed by atoms with Gasteiger partial charge < -0.3 is 9.30 Å². The molecular formula is C19H17Cl2N3O2. The normalized spacial score (nSPS) is 11.2. The lowest BCUT2D eigenvalue weighted by Gasteiger charge is -2.07. The van der Waals surface area contributed by atoms with Crippen molar-refractivity contribution in [2.24, 2.45) is 12.1 Å². The zero-order valence-corrected chi connectivity index (χ0v) is 15.8. The van der Waals surface area contributed by atoms with Crippen LogP contribution in [-0.2, 0) is 11.8 Å². The van der Waals surface area contributed by atoms with Crippen molar-refractivity contribution in [1.82, 2.24) is 9.99 Å². The smallest absolute Gasteiger partial charge is 0.277 e. The number of nitrogens with zero attached hydrogens (tertiary/aromatic N) is 2. The minimum Gasteiger partial charge on any atom is -0.482 e. The molecule has 5 nitrogen and oxygen atoms in total. The van der Waals surface area contributed by atoms with Crippen LogP contribution in [-0.4, -0.2) is 23.3 Å². The molecular weight excluding hydrogens is 373 g/mol. The van der Waals surface area contributed by atoms with Crippen LogP contribution in [0.4, 0.5) is 0 Å². The van der Waals surface area contributed by atoms with Crippen molar-refractivity contribution in [3.63, 3.8) is 0 Å². The molecule has 0 unspecified atom stereocenters. The number of hydrazone groups is 1. The Morgan fingerprint density at radius 1 is 1.27 bits per heavy atom. The fourth-order valence-electron chi connectivity index (χ4n) is 2.65. The molecule has 7 heteroatoms. The molecule has 3 aromatic rings. The van der Waals surface area contributed by atoms with E-state index in [0.717, 1.165) is 22.2 Å². The summed E-state index contributed by atoms with van der Waals surface area (Å²) in [5.41, 5.74) is 5.59. The van der Waals surface area contributed by atoms with Crippen LogP contribution in [0.25, 0.3) is 10.9 Å². The lowest BCUT2D eigenvalue weighted by atomic mass is 10.1. The lowest BCUT2D eigenvalue weighted by molar-refractivity contribution is -0.123. The Morgan fingerprint density at radius 2 is 2.04 bits per heavy atom. The summed E-state index contributed by atoms with van der Waals surface area (Å²) in [6, 6.07) is 12.8. The molecule has 3 rings (SSSR count). The van der Waals surface area contributed by atoms with Gasteiger partial charge in [-0.05, 0) is 25.1 Å². The van der Waals surface area contributed by atoms with Gasteiger partial charge in [0.1, 0.15) is 5.75 Å². The van der Waals surface area contributed by atoms with Gasteiger partial charge in [0.15, 0.2) is 6.61 Å². The molecule has 1 aromatic heterocycles. The van der Waals surface area contributed by atoms with Crippen molar-refractivity contribution in [1.29, 1.82) is 0 Å². The number of carbonyl (C=O) groups excluding carboxylic acids is 1. The molecule has 0 saturated heterocycles. The van der Waals surface area contributed by atoms with Gasteiger partial charge in [-0.2, -0.15) is 5.10 Å². The van der Waals surface area contributed by atoms with Crippen LogP contribution in [0.2, 0.25) is 10.0 Å². The maximum atomic E-state index is 11.9. The van der Waals surface area contributed by atoms with Crippen molar-refractivity contribution < 1.29 is 9.53 Å². The van der Waals surface area contributed by atoms with E-state index in [1.807, 2.05) is 38.2 Å². The Kier molecular flexibility index (Phi) is 5.49. The van der Waals surface area contributed by atoms with E-state index >= 15 is 0 Å². The van der Waals surface area contributed by atoms with Crippen LogP contribution in [0, 0.1) is 6.92 Å². The summed E-state index contributed by atoms with van der Waals surface area (Å²) >= 11 is 11.9. The Hall–Kier alpha value is -2.50. The lowest BCUT2D eigenvalue weighted by Crippen LogP contribution is -2.24. The third kappa shape index (κ3) is 3.84. The predicted molar refractivity (Wildman–Crippen MR) is 105 cm³/mol.